The Morgan fingerprint density at radius 2 is 1.42 bits per heavy atom. The summed E-state index contributed by atoms with van der Waals surface area (Å²) in [4.78, 5) is 0.192. The molecule has 0 fully saturated rings. The van der Waals surface area contributed by atoms with Crippen molar-refractivity contribution in [2.75, 3.05) is 6.54 Å². The fourth-order valence-corrected chi connectivity index (χ4v) is 3.68. The normalized spacial score (nSPS) is 11.3. The molecule has 134 valence electrons. The summed E-state index contributed by atoms with van der Waals surface area (Å²) in [5.74, 6) is 1.27. The zero-order chi connectivity index (χ0) is 18.4. The van der Waals surface area contributed by atoms with Gasteiger partial charge in [0.05, 0.1) is 4.90 Å². The van der Waals surface area contributed by atoms with Crippen LogP contribution < -0.4 is 9.46 Å². The van der Waals surface area contributed by atoms with Crippen LogP contribution in [0.2, 0.25) is 5.02 Å². The van der Waals surface area contributed by atoms with Crippen molar-refractivity contribution in [3.8, 4) is 11.5 Å². The number of hydrogen-bond acceptors (Lipinski definition) is 3. The average Bonchev–Trinajstić information content (AvgIpc) is 2.65. The monoisotopic (exact) mass is 387 g/mol. The molecule has 0 unspecified atom stereocenters. The van der Waals surface area contributed by atoms with Crippen molar-refractivity contribution in [2.45, 2.75) is 11.3 Å². The molecule has 4 nitrogen and oxygen atoms in total. The van der Waals surface area contributed by atoms with E-state index in [4.69, 9.17) is 16.3 Å². The maximum atomic E-state index is 12.4. The van der Waals surface area contributed by atoms with Gasteiger partial charge in [0.1, 0.15) is 11.5 Å². The summed E-state index contributed by atoms with van der Waals surface area (Å²) < 4.78 is 33.0. The fraction of sp³-hybridized carbons (Fsp3) is 0.100. The van der Waals surface area contributed by atoms with Crippen molar-refractivity contribution < 1.29 is 13.2 Å². The Bertz CT molecular complexity index is 958. The van der Waals surface area contributed by atoms with Crippen LogP contribution in [0.3, 0.4) is 0 Å². The van der Waals surface area contributed by atoms with Gasteiger partial charge in [0.2, 0.25) is 10.0 Å². The average molecular weight is 388 g/mol. The predicted molar refractivity (Wildman–Crippen MR) is 103 cm³/mol. The number of nitrogens with one attached hydrogen (secondary N) is 1. The van der Waals surface area contributed by atoms with E-state index in [0.29, 0.717) is 22.9 Å². The molecule has 0 amide bonds. The van der Waals surface area contributed by atoms with Crippen LogP contribution in [0.4, 0.5) is 0 Å². The molecule has 0 saturated carbocycles. The molecule has 0 heterocycles. The molecule has 0 aliphatic carbocycles. The standard InChI is InChI=1S/C20H18ClNO3S/c21-20-9-5-4-6-16(20)14-15-22-26(23,24)19-12-10-18(11-13-19)25-17-7-2-1-3-8-17/h1-13,22H,14-15H2. The first-order valence-electron chi connectivity index (χ1n) is 8.11. The zero-order valence-electron chi connectivity index (χ0n) is 13.9. The lowest BCUT2D eigenvalue weighted by Crippen LogP contribution is -2.26. The largest absolute Gasteiger partial charge is 0.457 e. The number of rotatable bonds is 7. The van der Waals surface area contributed by atoms with Crippen LogP contribution in [0.1, 0.15) is 5.56 Å². The number of halogens is 1. The Balaban J connectivity index is 1.61. The van der Waals surface area contributed by atoms with Crippen LogP contribution in [0.5, 0.6) is 11.5 Å². The van der Waals surface area contributed by atoms with Gasteiger partial charge in [-0.1, -0.05) is 48.0 Å². The Morgan fingerprint density at radius 3 is 2.12 bits per heavy atom. The molecule has 3 rings (SSSR count). The van der Waals surface area contributed by atoms with Crippen molar-refractivity contribution in [1.82, 2.24) is 4.72 Å². The summed E-state index contributed by atoms with van der Waals surface area (Å²) in [6, 6.07) is 23.0. The van der Waals surface area contributed by atoms with E-state index in [0.717, 1.165) is 5.56 Å². The van der Waals surface area contributed by atoms with Crippen LogP contribution >= 0.6 is 11.6 Å². The minimum Gasteiger partial charge on any atom is -0.457 e. The second kappa shape index (κ2) is 8.36. The van der Waals surface area contributed by atoms with Crippen molar-refractivity contribution in [2.24, 2.45) is 0 Å². The third kappa shape index (κ3) is 4.85. The molecular weight excluding hydrogens is 370 g/mol. The van der Waals surface area contributed by atoms with Gasteiger partial charge in [-0.3, -0.25) is 0 Å². The molecule has 6 heteroatoms. The summed E-state index contributed by atoms with van der Waals surface area (Å²) in [7, 11) is -3.58. The number of hydrogen-bond donors (Lipinski definition) is 1. The number of ether oxygens (including phenoxy) is 1. The van der Waals surface area contributed by atoms with Gasteiger partial charge in [-0.05, 0) is 54.4 Å². The van der Waals surface area contributed by atoms with Gasteiger partial charge in [0, 0.05) is 11.6 Å². The second-order valence-corrected chi connectivity index (χ2v) is 7.80. The highest BCUT2D eigenvalue weighted by Gasteiger charge is 2.13. The van der Waals surface area contributed by atoms with E-state index < -0.39 is 10.0 Å². The quantitative estimate of drug-likeness (QED) is 0.641. The summed E-state index contributed by atoms with van der Waals surface area (Å²) in [6.45, 7) is 0.272. The SMILES string of the molecule is O=S(=O)(NCCc1ccccc1Cl)c1ccc(Oc2ccccc2)cc1. The first-order valence-corrected chi connectivity index (χ1v) is 9.97. The summed E-state index contributed by atoms with van der Waals surface area (Å²) in [6.07, 6.45) is 0.522. The zero-order valence-corrected chi connectivity index (χ0v) is 15.5. The van der Waals surface area contributed by atoms with Gasteiger partial charge in [-0.25, -0.2) is 13.1 Å². The van der Waals surface area contributed by atoms with E-state index in [2.05, 4.69) is 4.72 Å². The summed E-state index contributed by atoms with van der Waals surface area (Å²) in [5, 5.41) is 0.633. The van der Waals surface area contributed by atoms with Crippen molar-refractivity contribution in [1.29, 1.82) is 0 Å². The van der Waals surface area contributed by atoms with Crippen LogP contribution in [-0.4, -0.2) is 15.0 Å². The molecule has 0 aliphatic rings. The number of sulfonamides is 1. The molecule has 0 atom stereocenters. The van der Waals surface area contributed by atoms with E-state index in [-0.39, 0.29) is 11.4 Å². The van der Waals surface area contributed by atoms with E-state index in [1.165, 1.54) is 12.1 Å². The molecule has 0 aromatic heterocycles. The number of benzene rings is 3. The molecule has 26 heavy (non-hydrogen) atoms. The molecular formula is C20H18ClNO3S. The van der Waals surface area contributed by atoms with E-state index in [9.17, 15) is 8.42 Å². The Kier molecular flexibility index (Phi) is 5.93. The molecule has 3 aromatic rings. The fourth-order valence-electron chi connectivity index (χ4n) is 2.42. The summed E-state index contributed by atoms with van der Waals surface area (Å²) in [5.41, 5.74) is 0.906. The third-order valence-electron chi connectivity index (χ3n) is 3.76. The van der Waals surface area contributed by atoms with Crippen molar-refractivity contribution >= 4 is 21.6 Å². The van der Waals surface area contributed by atoms with Crippen LogP contribution in [0.15, 0.2) is 83.8 Å². The first-order chi connectivity index (χ1) is 12.5. The van der Waals surface area contributed by atoms with Crippen LogP contribution in [-0.2, 0) is 16.4 Å². The Morgan fingerprint density at radius 1 is 0.808 bits per heavy atom. The van der Waals surface area contributed by atoms with E-state index >= 15 is 0 Å². The second-order valence-electron chi connectivity index (χ2n) is 5.63. The molecule has 3 aromatic carbocycles. The van der Waals surface area contributed by atoms with Crippen LogP contribution in [0, 0.1) is 0 Å². The maximum absolute atomic E-state index is 12.4. The summed E-state index contributed by atoms with van der Waals surface area (Å²) >= 11 is 6.08. The molecule has 0 spiro atoms. The predicted octanol–water partition coefficient (Wildman–Crippen LogP) is 4.65. The van der Waals surface area contributed by atoms with Gasteiger partial charge in [0.25, 0.3) is 0 Å². The minimum atomic E-state index is -3.58. The lowest BCUT2D eigenvalue weighted by molar-refractivity contribution is 0.482. The Hall–Kier alpha value is -2.34. The van der Waals surface area contributed by atoms with E-state index in [1.807, 2.05) is 48.5 Å². The van der Waals surface area contributed by atoms with Gasteiger partial charge in [-0.2, -0.15) is 0 Å². The highest BCUT2D eigenvalue weighted by molar-refractivity contribution is 7.89. The van der Waals surface area contributed by atoms with Gasteiger partial charge in [-0.15, -0.1) is 0 Å². The molecule has 0 radical (unpaired) electrons. The third-order valence-corrected chi connectivity index (χ3v) is 5.60. The lowest BCUT2D eigenvalue weighted by atomic mass is 10.1. The topological polar surface area (TPSA) is 55.4 Å². The minimum absolute atomic E-state index is 0.192. The smallest absolute Gasteiger partial charge is 0.240 e. The maximum Gasteiger partial charge on any atom is 0.240 e. The van der Waals surface area contributed by atoms with Gasteiger partial charge in [0.15, 0.2) is 0 Å². The van der Waals surface area contributed by atoms with E-state index in [1.54, 1.807) is 18.2 Å². The van der Waals surface area contributed by atoms with Crippen molar-refractivity contribution in [3.05, 3.63) is 89.4 Å². The molecule has 1 N–H and O–H groups in total. The lowest BCUT2D eigenvalue weighted by Gasteiger charge is -2.09. The van der Waals surface area contributed by atoms with Gasteiger partial charge >= 0.3 is 0 Å². The van der Waals surface area contributed by atoms with Gasteiger partial charge < -0.3 is 4.74 Å². The van der Waals surface area contributed by atoms with Crippen molar-refractivity contribution in [3.63, 3.8) is 0 Å². The Labute approximate surface area is 158 Å². The van der Waals surface area contributed by atoms with Crippen LogP contribution in [0.25, 0.3) is 0 Å². The molecule has 0 aliphatic heterocycles. The first kappa shape index (κ1) is 18.5. The number of para-hydroxylation sites is 1. The molecule has 0 bridgehead atoms. The highest BCUT2D eigenvalue weighted by Crippen LogP contribution is 2.22. The highest BCUT2D eigenvalue weighted by atomic mass is 35.5. The molecule has 0 saturated heterocycles.